The molecule has 0 saturated carbocycles. The summed E-state index contributed by atoms with van der Waals surface area (Å²) >= 11 is 0. The number of aryl methyl sites for hydroxylation is 2. The second-order valence-corrected chi connectivity index (χ2v) is 6.94. The van der Waals surface area contributed by atoms with E-state index in [4.69, 9.17) is 9.15 Å². The second kappa shape index (κ2) is 6.97. The van der Waals surface area contributed by atoms with Crippen LogP contribution in [0.15, 0.2) is 46.2 Å². The molecule has 0 radical (unpaired) electrons. The molecule has 0 saturated heterocycles. The minimum absolute atomic E-state index is 0.129. The van der Waals surface area contributed by atoms with Crippen LogP contribution in [0.5, 0.6) is 5.75 Å². The van der Waals surface area contributed by atoms with Crippen LogP contribution in [0.3, 0.4) is 0 Å². The van der Waals surface area contributed by atoms with Crippen LogP contribution in [-0.2, 0) is 16.6 Å². The van der Waals surface area contributed by atoms with E-state index >= 15 is 0 Å². The number of nitrogens with zero attached hydrogens (tertiary/aromatic N) is 2. The first kappa shape index (κ1) is 17.2. The summed E-state index contributed by atoms with van der Waals surface area (Å²) in [6.07, 6.45) is 1.54. The lowest BCUT2D eigenvalue weighted by atomic mass is 10.3. The fourth-order valence-electron chi connectivity index (χ4n) is 2.17. The lowest BCUT2D eigenvalue weighted by Crippen LogP contribution is -2.31. The molecule has 0 aliphatic heterocycles. The van der Waals surface area contributed by atoms with Gasteiger partial charge in [0.1, 0.15) is 11.5 Å². The summed E-state index contributed by atoms with van der Waals surface area (Å²) in [5.41, 5.74) is 0.599. The Labute approximate surface area is 136 Å². The van der Waals surface area contributed by atoms with Crippen molar-refractivity contribution >= 4 is 10.0 Å². The van der Waals surface area contributed by atoms with Gasteiger partial charge >= 0.3 is 0 Å². The summed E-state index contributed by atoms with van der Waals surface area (Å²) in [6, 6.07) is 6.27. The Balaban J connectivity index is 2.34. The molecule has 0 atom stereocenters. The number of oxazole rings is 1. The molecule has 124 valence electrons. The Morgan fingerprint density at radius 1 is 1.30 bits per heavy atom. The smallest absolute Gasteiger partial charge is 0.243 e. The molecule has 1 heterocycles. The quantitative estimate of drug-likeness (QED) is 0.727. The number of ether oxygens (including phenoxy) is 1. The van der Waals surface area contributed by atoms with Crippen molar-refractivity contribution in [1.29, 1.82) is 0 Å². The summed E-state index contributed by atoms with van der Waals surface area (Å²) in [6.45, 7) is 7.44. The van der Waals surface area contributed by atoms with Crippen molar-refractivity contribution in [3.05, 3.63) is 54.3 Å². The van der Waals surface area contributed by atoms with E-state index in [0.29, 0.717) is 23.1 Å². The summed E-state index contributed by atoms with van der Waals surface area (Å²) in [5.74, 6) is 1.72. The molecular formula is C16H20N2O4S. The highest BCUT2D eigenvalue weighted by Crippen LogP contribution is 2.22. The Morgan fingerprint density at radius 3 is 2.43 bits per heavy atom. The van der Waals surface area contributed by atoms with Gasteiger partial charge in [0, 0.05) is 13.5 Å². The zero-order valence-electron chi connectivity index (χ0n) is 13.4. The predicted octanol–water partition coefficient (Wildman–Crippen LogP) is 2.68. The fourth-order valence-corrected chi connectivity index (χ4v) is 3.55. The highest BCUT2D eigenvalue weighted by Gasteiger charge is 2.25. The van der Waals surface area contributed by atoms with Crippen LogP contribution >= 0.6 is 0 Å². The Kier molecular flexibility index (Phi) is 5.23. The molecule has 7 heteroatoms. The van der Waals surface area contributed by atoms with E-state index in [1.807, 2.05) is 0 Å². The van der Waals surface area contributed by atoms with Crippen molar-refractivity contribution in [2.45, 2.75) is 25.3 Å². The molecule has 2 rings (SSSR count). The topological polar surface area (TPSA) is 72.6 Å². The van der Waals surface area contributed by atoms with Gasteiger partial charge in [0.25, 0.3) is 0 Å². The third-order valence-electron chi connectivity index (χ3n) is 3.36. The largest absolute Gasteiger partial charge is 0.497 e. The van der Waals surface area contributed by atoms with Gasteiger partial charge in [-0.15, -0.1) is 6.58 Å². The summed E-state index contributed by atoms with van der Waals surface area (Å²) in [4.78, 5) is 4.43. The molecule has 0 spiro atoms. The van der Waals surface area contributed by atoms with Gasteiger partial charge in [-0.2, -0.15) is 4.31 Å². The van der Waals surface area contributed by atoms with Crippen LogP contribution in [0, 0.1) is 13.8 Å². The molecular weight excluding hydrogens is 316 g/mol. The zero-order valence-corrected chi connectivity index (χ0v) is 14.3. The van der Waals surface area contributed by atoms with Crippen LogP contribution in [0.25, 0.3) is 0 Å². The SMILES string of the molecule is C=CCN(Cc1nc(C)oc1C)S(=O)(=O)c1ccc(OC)cc1. The molecule has 2 aromatic rings. The van der Waals surface area contributed by atoms with E-state index in [1.165, 1.54) is 23.5 Å². The van der Waals surface area contributed by atoms with E-state index in [0.717, 1.165) is 0 Å². The van der Waals surface area contributed by atoms with Crippen molar-refractivity contribution in [2.24, 2.45) is 0 Å². The van der Waals surface area contributed by atoms with Gasteiger partial charge in [-0.3, -0.25) is 0 Å². The van der Waals surface area contributed by atoms with Crippen molar-refractivity contribution in [3.63, 3.8) is 0 Å². The number of rotatable bonds is 7. The van der Waals surface area contributed by atoms with E-state index < -0.39 is 10.0 Å². The van der Waals surface area contributed by atoms with Crippen LogP contribution < -0.4 is 4.74 Å². The molecule has 0 fully saturated rings. The van der Waals surface area contributed by atoms with E-state index in [-0.39, 0.29) is 18.0 Å². The Hall–Kier alpha value is -2.12. The Morgan fingerprint density at radius 2 is 1.96 bits per heavy atom. The molecule has 0 N–H and O–H groups in total. The van der Waals surface area contributed by atoms with Crippen molar-refractivity contribution in [1.82, 2.24) is 9.29 Å². The first-order valence-corrected chi connectivity index (χ1v) is 8.50. The minimum atomic E-state index is -3.67. The second-order valence-electron chi connectivity index (χ2n) is 5.00. The predicted molar refractivity (Wildman–Crippen MR) is 86.8 cm³/mol. The summed E-state index contributed by atoms with van der Waals surface area (Å²) in [5, 5.41) is 0. The normalized spacial score (nSPS) is 11.7. The summed E-state index contributed by atoms with van der Waals surface area (Å²) in [7, 11) is -2.14. The van der Waals surface area contributed by atoms with Gasteiger partial charge in [0.05, 0.1) is 24.2 Å². The van der Waals surface area contributed by atoms with E-state index in [1.54, 1.807) is 32.1 Å². The average molecular weight is 336 g/mol. The monoisotopic (exact) mass is 336 g/mol. The standard InChI is InChI=1S/C16H20N2O4S/c1-5-10-18(11-16-12(2)22-13(3)17-16)23(19,20)15-8-6-14(21-4)7-9-15/h5-9H,1,10-11H2,2-4H3. The number of methoxy groups -OCH3 is 1. The van der Waals surface area contributed by atoms with Gasteiger partial charge < -0.3 is 9.15 Å². The van der Waals surface area contributed by atoms with Gasteiger partial charge in [0.15, 0.2) is 5.89 Å². The maximum Gasteiger partial charge on any atom is 0.243 e. The third-order valence-corrected chi connectivity index (χ3v) is 5.18. The number of hydrogen-bond donors (Lipinski definition) is 0. The maximum absolute atomic E-state index is 12.8. The fraction of sp³-hybridized carbons (Fsp3) is 0.312. The van der Waals surface area contributed by atoms with E-state index in [2.05, 4.69) is 11.6 Å². The molecule has 1 aromatic heterocycles. The van der Waals surface area contributed by atoms with Crippen molar-refractivity contribution in [3.8, 4) is 5.75 Å². The molecule has 0 unspecified atom stereocenters. The van der Waals surface area contributed by atoms with Crippen LogP contribution in [0.4, 0.5) is 0 Å². The van der Waals surface area contributed by atoms with Gasteiger partial charge in [-0.05, 0) is 31.2 Å². The number of benzene rings is 1. The van der Waals surface area contributed by atoms with Gasteiger partial charge in [-0.1, -0.05) is 6.08 Å². The van der Waals surface area contributed by atoms with Gasteiger partial charge in [0.2, 0.25) is 10.0 Å². The minimum Gasteiger partial charge on any atom is -0.497 e. The Bertz CT molecular complexity index is 779. The molecule has 0 amide bonds. The lowest BCUT2D eigenvalue weighted by molar-refractivity contribution is 0.413. The zero-order chi connectivity index (χ0) is 17.0. The van der Waals surface area contributed by atoms with Crippen LogP contribution in [0.1, 0.15) is 17.3 Å². The third kappa shape index (κ3) is 3.80. The first-order chi connectivity index (χ1) is 10.9. The van der Waals surface area contributed by atoms with Crippen LogP contribution in [-0.4, -0.2) is 31.4 Å². The number of aromatic nitrogens is 1. The van der Waals surface area contributed by atoms with E-state index in [9.17, 15) is 8.42 Å². The van der Waals surface area contributed by atoms with Gasteiger partial charge in [-0.25, -0.2) is 13.4 Å². The summed E-state index contributed by atoms with van der Waals surface area (Å²) < 4.78 is 37.4. The maximum atomic E-state index is 12.8. The average Bonchev–Trinajstić information content (AvgIpc) is 2.84. The number of sulfonamides is 1. The number of hydrogen-bond acceptors (Lipinski definition) is 5. The highest BCUT2D eigenvalue weighted by molar-refractivity contribution is 7.89. The van der Waals surface area contributed by atoms with Crippen molar-refractivity contribution in [2.75, 3.05) is 13.7 Å². The molecule has 0 aliphatic rings. The van der Waals surface area contributed by atoms with Crippen LogP contribution in [0.2, 0.25) is 0 Å². The molecule has 23 heavy (non-hydrogen) atoms. The molecule has 0 aliphatic carbocycles. The first-order valence-electron chi connectivity index (χ1n) is 7.06. The molecule has 6 nitrogen and oxygen atoms in total. The lowest BCUT2D eigenvalue weighted by Gasteiger charge is -2.20. The van der Waals surface area contributed by atoms with Crippen molar-refractivity contribution < 1.29 is 17.6 Å². The molecule has 0 bridgehead atoms. The molecule has 1 aromatic carbocycles. The highest BCUT2D eigenvalue weighted by atomic mass is 32.2.